The Morgan fingerprint density at radius 1 is 0.290 bits per heavy atom. The van der Waals surface area contributed by atoms with E-state index in [0.29, 0.717) is 0 Å². The third kappa shape index (κ3) is 6.60. The summed E-state index contributed by atoms with van der Waals surface area (Å²) in [5.74, 6) is 0. The lowest BCUT2D eigenvalue weighted by Gasteiger charge is -2.28. The SMILES string of the molecule is CC1(C)c2ccccc2-c2ccc(-c3ccc(N(c4cccc(-c5cccc(-c6ccccc6)c5)c4)c4ccccc4-c4cccc(-c5cccc6ccccc56)c4)cc3)cc21. The molecule has 1 aliphatic rings. The van der Waals surface area contributed by atoms with Crippen molar-refractivity contribution in [3.05, 3.63) is 248 Å². The van der Waals surface area contributed by atoms with Crippen LogP contribution in [0, 0.1) is 0 Å². The van der Waals surface area contributed by atoms with E-state index in [1.54, 1.807) is 0 Å². The van der Waals surface area contributed by atoms with Gasteiger partial charge in [-0.05, 0) is 132 Å². The molecule has 0 heterocycles. The van der Waals surface area contributed by atoms with E-state index in [1.807, 2.05) is 0 Å². The van der Waals surface area contributed by atoms with Gasteiger partial charge < -0.3 is 4.90 Å². The summed E-state index contributed by atoms with van der Waals surface area (Å²) in [4.78, 5) is 2.43. The van der Waals surface area contributed by atoms with Crippen LogP contribution in [0.2, 0.25) is 0 Å². The van der Waals surface area contributed by atoms with Gasteiger partial charge >= 0.3 is 0 Å². The first-order valence-electron chi connectivity index (χ1n) is 21.6. The second-order valence-electron chi connectivity index (χ2n) is 16.9. The summed E-state index contributed by atoms with van der Waals surface area (Å²) >= 11 is 0. The minimum absolute atomic E-state index is 0.0566. The quantitative estimate of drug-likeness (QED) is 0.148. The molecule has 1 aliphatic carbocycles. The number of fused-ring (bicyclic) bond motifs is 4. The van der Waals surface area contributed by atoms with Gasteiger partial charge in [-0.25, -0.2) is 0 Å². The van der Waals surface area contributed by atoms with Crippen LogP contribution in [0.5, 0.6) is 0 Å². The molecule has 1 nitrogen and oxygen atoms in total. The minimum Gasteiger partial charge on any atom is -0.310 e. The van der Waals surface area contributed by atoms with Gasteiger partial charge in [-0.3, -0.25) is 0 Å². The Kier molecular flexibility index (Phi) is 9.24. The van der Waals surface area contributed by atoms with Crippen LogP contribution in [0.1, 0.15) is 25.0 Å². The summed E-state index contributed by atoms with van der Waals surface area (Å²) in [6, 6.07) is 86.6. The summed E-state index contributed by atoms with van der Waals surface area (Å²) in [6.07, 6.45) is 0. The van der Waals surface area contributed by atoms with Crippen LogP contribution in [-0.2, 0) is 5.41 Å². The van der Waals surface area contributed by atoms with Gasteiger partial charge in [-0.2, -0.15) is 0 Å². The summed E-state index contributed by atoms with van der Waals surface area (Å²) in [5.41, 5.74) is 20.7. The Bertz CT molecular complexity index is 3260. The lowest BCUT2D eigenvalue weighted by atomic mass is 9.81. The van der Waals surface area contributed by atoms with Crippen LogP contribution in [0.3, 0.4) is 0 Å². The molecule has 0 saturated heterocycles. The zero-order valence-corrected chi connectivity index (χ0v) is 35.0. The Labute approximate surface area is 364 Å². The van der Waals surface area contributed by atoms with E-state index in [9.17, 15) is 0 Å². The van der Waals surface area contributed by atoms with E-state index < -0.39 is 0 Å². The topological polar surface area (TPSA) is 3.24 Å². The molecule has 10 aromatic rings. The highest BCUT2D eigenvalue weighted by Crippen LogP contribution is 2.50. The average molecular weight is 792 g/mol. The molecular formula is C61H45N. The standard InChI is InChI=1S/C61H45N/c1-61(2)58-30-10-8-28-56(58)57-37-34-48(41-59(57)61)43-32-35-51(36-33-43)62(52-25-14-22-47(40-52)46-21-12-20-45(38-46)42-16-4-3-5-17-42)60-31-11-9-27-55(60)50-24-13-23-49(39-50)54-29-15-19-44-18-6-7-26-53(44)54/h3-41H,1-2H3. The third-order valence-corrected chi connectivity index (χ3v) is 12.9. The van der Waals surface area contributed by atoms with E-state index in [0.717, 1.165) is 22.6 Å². The van der Waals surface area contributed by atoms with Crippen molar-refractivity contribution < 1.29 is 0 Å². The van der Waals surface area contributed by atoms with Crippen LogP contribution < -0.4 is 4.90 Å². The third-order valence-electron chi connectivity index (χ3n) is 12.9. The molecule has 0 radical (unpaired) electrons. The van der Waals surface area contributed by atoms with Gasteiger partial charge in [0.25, 0.3) is 0 Å². The molecule has 0 spiro atoms. The van der Waals surface area contributed by atoms with Gasteiger partial charge in [0.2, 0.25) is 0 Å². The van der Waals surface area contributed by atoms with Crippen LogP contribution in [0.4, 0.5) is 17.1 Å². The van der Waals surface area contributed by atoms with Gasteiger partial charge in [0.05, 0.1) is 5.69 Å². The van der Waals surface area contributed by atoms with Crippen molar-refractivity contribution in [1.29, 1.82) is 0 Å². The van der Waals surface area contributed by atoms with Crippen LogP contribution >= 0.6 is 0 Å². The second-order valence-corrected chi connectivity index (χ2v) is 16.9. The number of benzene rings is 10. The fourth-order valence-corrected chi connectivity index (χ4v) is 9.69. The molecule has 62 heavy (non-hydrogen) atoms. The first-order chi connectivity index (χ1) is 30.5. The van der Waals surface area contributed by atoms with Crippen molar-refractivity contribution in [1.82, 2.24) is 0 Å². The summed E-state index contributed by atoms with van der Waals surface area (Å²) in [6.45, 7) is 4.70. The highest BCUT2D eigenvalue weighted by molar-refractivity contribution is 5.98. The van der Waals surface area contributed by atoms with Crippen LogP contribution in [0.15, 0.2) is 237 Å². The molecule has 11 rings (SSSR count). The summed E-state index contributed by atoms with van der Waals surface area (Å²) in [7, 11) is 0. The number of nitrogens with zero attached hydrogens (tertiary/aromatic N) is 1. The highest BCUT2D eigenvalue weighted by Gasteiger charge is 2.35. The van der Waals surface area contributed by atoms with Crippen molar-refractivity contribution >= 4 is 27.8 Å². The van der Waals surface area contributed by atoms with Gasteiger partial charge in [-0.1, -0.05) is 202 Å². The largest absolute Gasteiger partial charge is 0.310 e. The van der Waals surface area contributed by atoms with E-state index in [-0.39, 0.29) is 5.41 Å². The van der Waals surface area contributed by atoms with Crippen molar-refractivity contribution in [2.45, 2.75) is 19.3 Å². The van der Waals surface area contributed by atoms with Gasteiger partial charge in [0.15, 0.2) is 0 Å². The molecule has 294 valence electrons. The van der Waals surface area contributed by atoms with Crippen molar-refractivity contribution in [3.63, 3.8) is 0 Å². The van der Waals surface area contributed by atoms with E-state index in [1.165, 1.54) is 83.1 Å². The van der Waals surface area contributed by atoms with Gasteiger partial charge in [-0.15, -0.1) is 0 Å². The number of anilines is 3. The molecule has 10 aromatic carbocycles. The Balaban J connectivity index is 1.03. The Hall–Kier alpha value is -7.74. The molecule has 0 fully saturated rings. The molecule has 0 N–H and O–H groups in total. The first kappa shape index (κ1) is 37.3. The molecule has 0 unspecified atom stereocenters. The summed E-state index contributed by atoms with van der Waals surface area (Å²) in [5, 5.41) is 2.50. The first-order valence-corrected chi connectivity index (χ1v) is 21.6. The fourth-order valence-electron chi connectivity index (χ4n) is 9.69. The molecule has 1 heteroatoms. The zero-order chi connectivity index (χ0) is 41.6. The lowest BCUT2D eigenvalue weighted by molar-refractivity contribution is 0.660. The number of rotatable bonds is 8. The molecule has 0 atom stereocenters. The smallest absolute Gasteiger partial charge is 0.0540 e. The molecule has 0 bridgehead atoms. The fraction of sp³-hybridized carbons (Fsp3) is 0.0492. The average Bonchev–Trinajstić information content (AvgIpc) is 3.57. The molecule has 0 aliphatic heterocycles. The van der Waals surface area contributed by atoms with Crippen molar-refractivity contribution in [2.24, 2.45) is 0 Å². The molecule has 0 aromatic heterocycles. The predicted octanol–water partition coefficient (Wildman–Crippen LogP) is 17.0. The van der Waals surface area contributed by atoms with Crippen molar-refractivity contribution in [3.8, 4) is 66.8 Å². The number of hydrogen-bond acceptors (Lipinski definition) is 1. The van der Waals surface area contributed by atoms with Gasteiger partial charge in [0, 0.05) is 22.4 Å². The normalized spacial score (nSPS) is 12.5. The lowest BCUT2D eigenvalue weighted by Crippen LogP contribution is -2.14. The van der Waals surface area contributed by atoms with E-state index in [4.69, 9.17) is 0 Å². The Morgan fingerprint density at radius 2 is 0.790 bits per heavy atom. The van der Waals surface area contributed by atoms with E-state index >= 15 is 0 Å². The predicted molar refractivity (Wildman–Crippen MR) is 263 cm³/mol. The van der Waals surface area contributed by atoms with Crippen molar-refractivity contribution in [2.75, 3.05) is 4.90 Å². The number of hydrogen-bond donors (Lipinski definition) is 0. The molecule has 0 saturated carbocycles. The maximum absolute atomic E-state index is 2.43. The summed E-state index contributed by atoms with van der Waals surface area (Å²) < 4.78 is 0. The molecule has 0 amide bonds. The van der Waals surface area contributed by atoms with Crippen LogP contribution in [-0.4, -0.2) is 0 Å². The monoisotopic (exact) mass is 791 g/mol. The number of para-hydroxylation sites is 1. The zero-order valence-electron chi connectivity index (χ0n) is 35.0. The highest BCUT2D eigenvalue weighted by atomic mass is 15.1. The van der Waals surface area contributed by atoms with Gasteiger partial charge in [0.1, 0.15) is 0 Å². The Morgan fingerprint density at radius 3 is 1.61 bits per heavy atom. The van der Waals surface area contributed by atoms with E-state index in [2.05, 4.69) is 255 Å². The minimum atomic E-state index is -0.0566. The maximum atomic E-state index is 2.43. The maximum Gasteiger partial charge on any atom is 0.0540 e. The molecular weight excluding hydrogens is 747 g/mol. The second kappa shape index (κ2) is 15.4. The van der Waals surface area contributed by atoms with Crippen LogP contribution in [0.25, 0.3) is 77.5 Å².